The Balaban J connectivity index is 1.81. The number of amides is 1. The average Bonchev–Trinajstić information content (AvgIpc) is 3.09. The Morgan fingerprint density at radius 2 is 2.23 bits per heavy atom. The molecule has 0 saturated carbocycles. The fourth-order valence-corrected chi connectivity index (χ4v) is 3.07. The average molecular weight is 364 g/mol. The summed E-state index contributed by atoms with van der Waals surface area (Å²) in [5.74, 6) is 1.99. The molecule has 26 heavy (non-hydrogen) atoms. The molecule has 1 aromatic rings. The maximum atomic E-state index is 12.4. The molecule has 0 aliphatic carbocycles. The number of hydrogen-bond acceptors (Lipinski definition) is 4. The van der Waals surface area contributed by atoms with Crippen molar-refractivity contribution in [2.75, 3.05) is 19.6 Å². The van der Waals surface area contributed by atoms with Gasteiger partial charge in [-0.1, -0.05) is 19.0 Å². The predicted octanol–water partition coefficient (Wildman–Crippen LogP) is 2.64. The molecule has 1 saturated heterocycles. The van der Waals surface area contributed by atoms with E-state index in [1.165, 1.54) is 6.42 Å². The molecule has 2 heterocycles. The summed E-state index contributed by atoms with van der Waals surface area (Å²) in [5, 5.41) is 10.5. The van der Waals surface area contributed by atoms with Crippen LogP contribution in [-0.2, 0) is 11.3 Å². The standard InChI is InChI=1S/C19H33N5O2/c1-5-20-19(22-13-16-12-17(14(2)3)23-26-16)21-10-9-18(25)24-11-7-6-8-15(24)4/h12,14-15H,5-11,13H2,1-4H3,(H2,20,21,22). The smallest absolute Gasteiger partial charge is 0.224 e. The van der Waals surface area contributed by atoms with Gasteiger partial charge in [0.2, 0.25) is 5.91 Å². The van der Waals surface area contributed by atoms with Gasteiger partial charge in [0.25, 0.3) is 0 Å². The highest BCUT2D eigenvalue weighted by molar-refractivity contribution is 5.81. The molecule has 0 bridgehead atoms. The van der Waals surface area contributed by atoms with Gasteiger partial charge < -0.3 is 20.1 Å². The third kappa shape index (κ3) is 6.04. The number of nitrogens with one attached hydrogen (secondary N) is 2. The van der Waals surface area contributed by atoms with Crippen molar-refractivity contribution in [3.63, 3.8) is 0 Å². The van der Waals surface area contributed by atoms with Gasteiger partial charge in [0.05, 0.1) is 5.69 Å². The van der Waals surface area contributed by atoms with Crippen LogP contribution in [0.2, 0.25) is 0 Å². The summed E-state index contributed by atoms with van der Waals surface area (Å²) in [5.41, 5.74) is 0.939. The summed E-state index contributed by atoms with van der Waals surface area (Å²) in [6.07, 6.45) is 3.93. The number of aromatic nitrogens is 1. The van der Waals surface area contributed by atoms with E-state index in [9.17, 15) is 4.79 Å². The van der Waals surface area contributed by atoms with Gasteiger partial charge in [-0.2, -0.15) is 0 Å². The van der Waals surface area contributed by atoms with Gasteiger partial charge in [0, 0.05) is 38.2 Å². The van der Waals surface area contributed by atoms with Crippen molar-refractivity contribution in [1.29, 1.82) is 0 Å². The van der Waals surface area contributed by atoms with Crippen LogP contribution in [0, 0.1) is 0 Å². The SMILES string of the molecule is CCNC(=NCc1cc(C(C)C)no1)NCCC(=O)N1CCCCC1C. The fourth-order valence-electron chi connectivity index (χ4n) is 3.07. The maximum Gasteiger partial charge on any atom is 0.224 e. The van der Waals surface area contributed by atoms with Gasteiger partial charge in [-0.3, -0.25) is 4.79 Å². The molecule has 1 amide bonds. The lowest BCUT2D eigenvalue weighted by atomic mass is 10.0. The van der Waals surface area contributed by atoms with Crippen molar-refractivity contribution in [2.24, 2.45) is 4.99 Å². The van der Waals surface area contributed by atoms with E-state index in [0.717, 1.165) is 37.4 Å². The summed E-state index contributed by atoms with van der Waals surface area (Å²) >= 11 is 0. The minimum atomic E-state index is 0.220. The summed E-state index contributed by atoms with van der Waals surface area (Å²) in [6, 6.07) is 2.30. The van der Waals surface area contributed by atoms with Crippen molar-refractivity contribution in [2.45, 2.75) is 71.9 Å². The Labute approximate surface area is 156 Å². The molecule has 146 valence electrons. The highest BCUT2D eigenvalue weighted by Gasteiger charge is 2.22. The zero-order valence-electron chi connectivity index (χ0n) is 16.5. The monoisotopic (exact) mass is 363 g/mol. The molecule has 2 N–H and O–H groups in total. The first-order chi connectivity index (χ1) is 12.5. The topological polar surface area (TPSA) is 82.8 Å². The molecule has 0 spiro atoms. The Hall–Kier alpha value is -2.05. The summed E-state index contributed by atoms with van der Waals surface area (Å²) in [4.78, 5) is 18.9. The maximum absolute atomic E-state index is 12.4. The van der Waals surface area contributed by atoms with Crippen LogP contribution in [0.4, 0.5) is 0 Å². The minimum Gasteiger partial charge on any atom is -0.359 e. The first-order valence-corrected chi connectivity index (χ1v) is 9.78. The van der Waals surface area contributed by atoms with E-state index in [1.807, 2.05) is 17.9 Å². The second-order valence-corrected chi connectivity index (χ2v) is 7.18. The molecule has 1 aromatic heterocycles. The Kier molecular flexibility index (Phi) is 7.94. The Bertz CT molecular complexity index is 597. The molecule has 0 aromatic carbocycles. The van der Waals surface area contributed by atoms with Crippen LogP contribution in [0.15, 0.2) is 15.6 Å². The Morgan fingerprint density at radius 3 is 2.88 bits per heavy atom. The van der Waals surface area contributed by atoms with Gasteiger partial charge in [-0.05, 0) is 39.0 Å². The Morgan fingerprint density at radius 1 is 1.42 bits per heavy atom. The van der Waals surface area contributed by atoms with Gasteiger partial charge >= 0.3 is 0 Å². The number of aliphatic imine (C=N–C) groups is 1. The third-order valence-electron chi connectivity index (χ3n) is 4.66. The van der Waals surface area contributed by atoms with Crippen molar-refractivity contribution < 1.29 is 9.32 Å². The summed E-state index contributed by atoms with van der Waals surface area (Å²) in [7, 11) is 0. The minimum absolute atomic E-state index is 0.220. The number of carbonyl (C=O) groups is 1. The highest BCUT2D eigenvalue weighted by Crippen LogP contribution is 2.17. The molecule has 0 radical (unpaired) electrons. The quantitative estimate of drug-likeness (QED) is 0.575. The molecular weight excluding hydrogens is 330 g/mol. The van der Waals surface area contributed by atoms with Crippen molar-refractivity contribution >= 4 is 11.9 Å². The molecule has 1 fully saturated rings. The number of piperidine rings is 1. The van der Waals surface area contributed by atoms with Crippen LogP contribution in [0.25, 0.3) is 0 Å². The molecule has 1 aliphatic rings. The van der Waals surface area contributed by atoms with E-state index in [1.54, 1.807) is 0 Å². The van der Waals surface area contributed by atoms with E-state index in [-0.39, 0.29) is 5.91 Å². The fraction of sp³-hybridized carbons (Fsp3) is 0.737. The molecule has 7 nitrogen and oxygen atoms in total. The molecule has 7 heteroatoms. The third-order valence-corrected chi connectivity index (χ3v) is 4.66. The molecule has 2 rings (SSSR count). The zero-order chi connectivity index (χ0) is 18.9. The highest BCUT2D eigenvalue weighted by atomic mass is 16.5. The van der Waals surface area contributed by atoms with Crippen LogP contribution in [0.5, 0.6) is 0 Å². The first kappa shape index (κ1) is 20.3. The lowest BCUT2D eigenvalue weighted by Gasteiger charge is -2.33. The van der Waals surface area contributed by atoms with Gasteiger partial charge in [0.15, 0.2) is 11.7 Å². The van der Waals surface area contributed by atoms with Crippen molar-refractivity contribution in [1.82, 2.24) is 20.7 Å². The zero-order valence-corrected chi connectivity index (χ0v) is 16.5. The second-order valence-electron chi connectivity index (χ2n) is 7.18. The van der Waals surface area contributed by atoms with E-state index in [4.69, 9.17) is 4.52 Å². The van der Waals surface area contributed by atoms with Crippen LogP contribution in [0.1, 0.15) is 70.8 Å². The van der Waals surface area contributed by atoms with Gasteiger partial charge in [-0.15, -0.1) is 0 Å². The van der Waals surface area contributed by atoms with Gasteiger partial charge in [-0.25, -0.2) is 4.99 Å². The van der Waals surface area contributed by atoms with E-state index >= 15 is 0 Å². The number of hydrogen-bond donors (Lipinski definition) is 2. The molecular formula is C19H33N5O2. The molecule has 1 unspecified atom stereocenters. The number of rotatable bonds is 7. The second kappa shape index (κ2) is 10.2. The first-order valence-electron chi connectivity index (χ1n) is 9.78. The van der Waals surface area contributed by atoms with E-state index < -0.39 is 0 Å². The largest absolute Gasteiger partial charge is 0.359 e. The number of guanidine groups is 1. The summed E-state index contributed by atoms with van der Waals surface area (Å²) in [6.45, 7) is 11.0. The van der Waals surface area contributed by atoms with E-state index in [2.05, 4.69) is 41.6 Å². The van der Waals surface area contributed by atoms with Gasteiger partial charge in [0.1, 0.15) is 6.54 Å². The van der Waals surface area contributed by atoms with Crippen LogP contribution < -0.4 is 10.6 Å². The number of nitrogens with zero attached hydrogens (tertiary/aromatic N) is 3. The summed E-state index contributed by atoms with van der Waals surface area (Å²) < 4.78 is 5.31. The van der Waals surface area contributed by atoms with Crippen molar-refractivity contribution in [3.05, 3.63) is 17.5 Å². The number of carbonyl (C=O) groups excluding carboxylic acids is 1. The van der Waals surface area contributed by atoms with Crippen molar-refractivity contribution in [3.8, 4) is 0 Å². The lowest BCUT2D eigenvalue weighted by Crippen LogP contribution is -2.44. The van der Waals surface area contributed by atoms with Crippen LogP contribution >= 0.6 is 0 Å². The number of likely N-dealkylation sites (tertiary alicyclic amines) is 1. The van der Waals surface area contributed by atoms with Crippen LogP contribution in [-0.4, -0.2) is 47.6 Å². The molecule has 1 aliphatic heterocycles. The molecule has 1 atom stereocenters. The lowest BCUT2D eigenvalue weighted by molar-refractivity contribution is -0.134. The van der Waals surface area contributed by atoms with Crippen LogP contribution in [0.3, 0.4) is 0 Å². The normalized spacial score (nSPS) is 18.3. The predicted molar refractivity (Wildman–Crippen MR) is 103 cm³/mol. The van der Waals surface area contributed by atoms with E-state index in [0.29, 0.717) is 37.4 Å².